The second-order valence-corrected chi connectivity index (χ2v) is 7.86. The lowest BCUT2D eigenvalue weighted by Crippen LogP contribution is -2.47. The van der Waals surface area contributed by atoms with Crippen molar-refractivity contribution < 1.29 is 9.59 Å². The SMILES string of the molecule is C[C@H](NC(=O)[C@@H]1C=C(c2ccccc2)CN1)C(=O)CCc1ccc2c(N)nccc2c1. The van der Waals surface area contributed by atoms with Gasteiger partial charge < -0.3 is 11.1 Å². The van der Waals surface area contributed by atoms with Crippen LogP contribution in [-0.2, 0) is 16.0 Å². The highest BCUT2D eigenvalue weighted by molar-refractivity contribution is 5.94. The number of aromatic nitrogens is 1. The van der Waals surface area contributed by atoms with Crippen molar-refractivity contribution in [1.82, 2.24) is 15.6 Å². The zero-order valence-electron chi connectivity index (χ0n) is 17.5. The van der Waals surface area contributed by atoms with Gasteiger partial charge in [-0.2, -0.15) is 0 Å². The molecule has 0 fully saturated rings. The summed E-state index contributed by atoms with van der Waals surface area (Å²) >= 11 is 0. The van der Waals surface area contributed by atoms with Crippen LogP contribution in [0.2, 0.25) is 0 Å². The van der Waals surface area contributed by atoms with Crippen molar-refractivity contribution in [3.05, 3.63) is 78.0 Å². The number of nitrogens with one attached hydrogen (secondary N) is 2. The van der Waals surface area contributed by atoms with Gasteiger partial charge in [-0.1, -0.05) is 54.6 Å². The molecule has 1 aromatic heterocycles. The van der Waals surface area contributed by atoms with Crippen LogP contribution in [0.5, 0.6) is 0 Å². The minimum atomic E-state index is -0.538. The lowest BCUT2D eigenvalue weighted by molar-refractivity contribution is -0.127. The molecule has 2 atom stereocenters. The summed E-state index contributed by atoms with van der Waals surface area (Å²) in [6, 6.07) is 16.9. The minimum Gasteiger partial charge on any atom is -0.383 e. The maximum Gasteiger partial charge on any atom is 0.241 e. The third kappa shape index (κ3) is 4.81. The van der Waals surface area contributed by atoms with Gasteiger partial charge in [0.05, 0.1) is 6.04 Å². The largest absolute Gasteiger partial charge is 0.383 e. The van der Waals surface area contributed by atoms with Crippen LogP contribution in [0.3, 0.4) is 0 Å². The molecule has 6 heteroatoms. The molecule has 0 unspecified atom stereocenters. The van der Waals surface area contributed by atoms with E-state index < -0.39 is 12.1 Å². The van der Waals surface area contributed by atoms with Gasteiger partial charge in [-0.05, 0) is 41.5 Å². The van der Waals surface area contributed by atoms with Gasteiger partial charge in [0.1, 0.15) is 11.9 Å². The highest BCUT2D eigenvalue weighted by Crippen LogP contribution is 2.21. The van der Waals surface area contributed by atoms with Crippen LogP contribution >= 0.6 is 0 Å². The molecule has 0 saturated heterocycles. The third-order valence-corrected chi connectivity index (χ3v) is 5.67. The number of anilines is 1. The number of carbonyl (C=O) groups excluding carboxylic acids is 2. The number of hydrogen-bond donors (Lipinski definition) is 3. The second kappa shape index (κ2) is 9.10. The molecule has 1 aliphatic rings. The highest BCUT2D eigenvalue weighted by Gasteiger charge is 2.25. The molecule has 0 saturated carbocycles. The van der Waals surface area contributed by atoms with Crippen LogP contribution < -0.4 is 16.4 Å². The van der Waals surface area contributed by atoms with Crippen molar-refractivity contribution >= 4 is 33.9 Å². The number of pyridine rings is 1. The van der Waals surface area contributed by atoms with Crippen molar-refractivity contribution in [1.29, 1.82) is 0 Å². The third-order valence-electron chi connectivity index (χ3n) is 5.67. The molecule has 0 aliphatic carbocycles. The van der Waals surface area contributed by atoms with Crippen LogP contribution in [0, 0.1) is 0 Å². The number of ketones is 1. The fraction of sp³-hybridized carbons (Fsp3) is 0.240. The average Bonchev–Trinajstić information content (AvgIpc) is 3.28. The van der Waals surface area contributed by atoms with Crippen LogP contribution in [0.1, 0.15) is 24.5 Å². The van der Waals surface area contributed by atoms with Gasteiger partial charge in [-0.15, -0.1) is 0 Å². The van der Waals surface area contributed by atoms with E-state index in [4.69, 9.17) is 5.73 Å². The van der Waals surface area contributed by atoms with E-state index in [1.165, 1.54) is 0 Å². The Hall–Kier alpha value is -3.51. The zero-order valence-corrected chi connectivity index (χ0v) is 17.5. The molecule has 2 aromatic carbocycles. The summed E-state index contributed by atoms with van der Waals surface area (Å²) < 4.78 is 0. The number of aryl methyl sites for hydroxylation is 1. The lowest BCUT2D eigenvalue weighted by Gasteiger charge is -2.16. The van der Waals surface area contributed by atoms with Crippen molar-refractivity contribution in [2.24, 2.45) is 0 Å². The first kappa shape index (κ1) is 20.8. The van der Waals surface area contributed by atoms with Gasteiger partial charge in [-0.25, -0.2) is 4.98 Å². The quantitative estimate of drug-likeness (QED) is 0.552. The molecular formula is C25H26N4O2. The number of benzene rings is 2. The fourth-order valence-electron chi connectivity index (χ4n) is 3.83. The van der Waals surface area contributed by atoms with E-state index in [2.05, 4.69) is 15.6 Å². The van der Waals surface area contributed by atoms with Gasteiger partial charge in [0.2, 0.25) is 5.91 Å². The van der Waals surface area contributed by atoms with Crippen molar-refractivity contribution in [2.45, 2.75) is 31.8 Å². The number of nitrogen functional groups attached to an aromatic ring is 1. The molecule has 3 aromatic rings. The smallest absolute Gasteiger partial charge is 0.241 e. The van der Waals surface area contributed by atoms with E-state index in [1.54, 1.807) is 13.1 Å². The predicted octanol–water partition coefficient (Wildman–Crippen LogP) is 2.88. The average molecular weight is 415 g/mol. The van der Waals surface area contributed by atoms with Crippen molar-refractivity contribution in [2.75, 3.05) is 12.3 Å². The molecule has 31 heavy (non-hydrogen) atoms. The molecule has 0 radical (unpaired) electrons. The molecule has 6 nitrogen and oxygen atoms in total. The molecular weight excluding hydrogens is 388 g/mol. The van der Waals surface area contributed by atoms with Crippen LogP contribution in [0.15, 0.2) is 66.9 Å². The van der Waals surface area contributed by atoms with Crippen LogP contribution in [-0.4, -0.2) is 35.3 Å². The summed E-state index contributed by atoms with van der Waals surface area (Å²) in [4.78, 5) is 29.3. The number of amides is 1. The standard InChI is InChI=1S/C25H26N4O2/c1-16(29-25(31)22-14-20(15-28-22)18-5-3-2-4-6-18)23(30)10-8-17-7-9-21-19(13-17)11-12-27-24(21)26/h2-7,9,11-14,16,22,28H,8,10,15H2,1H3,(H2,26,27)(H,29,31)/t16-,22-/m0/s1. The van der Waals surface area contributed by atoms with Crippen LogP contribution in [0.4, 0.5) is 5.82 Å². The highest BCUT2D eigenvalue weighted by atomic mass is 16.2. The normalized spacial score (nSPS) is 16.7. The van der Waals surface area contributed by atoms with E-state index >= 15 is 0 Å². The monoisotopic (exact) mass is 414 g/mol. The predicted molar refractivity (Wildman–Crippen MR) is 123 cm³/mol. The van der Waals surface area contributed by atoms with E-state index in [0.717, 1.165) is 27.5 Å². The Bertz CT molecular complexity index is 1140. The number of Topliss-reactive ketones (excluding diaryl/α,β-unsaturated/α-hetero) is 1. The number of rotatable bonds is 7. The van der Waals surface area contributed by atoms with Crippen molar-refractivity contribution in [3.8, 4) is 0 Å². The van der Waals surface area contributed by atoms with Gasteiger partial charge in [-0.3, -0.25) is 14.9 Å². The zero-order chi connectivity index (χ0) is 21.8. The summed E-state index contributed by atoms with van der Waals surface area (Å²) in [6.45, 7) is 2.37. The van der Waals surface area contributed by atoms with Crippen molar-refractivity contribution in [3.63, 3.8) is 0 Å². The van der Waals surface area contributed by atoms with Crippen LogP contribution in [0.25, 0.3) is 16.3 Å². The number of hydrogen-bond acceptors (Lipinski definition) is 5. The Morgan fingerprint density at radius 3 is 2.81 bits per heavy atom. The molecule has 158 valence electrons. The van der Waals surface area contributed by atoms with E-state index in [9.17, 15) is 9.59 Å². The Balaban J connectivity index is 1.31. The Labute approximate surface area is 181 Å². The first-order valence-corrected chi connectivity index (χ1v) is 10.5. The Kier molecular flexibility index (Phi) is 6.09. The summed E-state index contributed by atoms with van der Waals surface area (Å²) in [5.74, 6) is 0.329. The summed E-state index contributed by atoms with van der Waals surface area (Å²) in [5.41, 5.74) is 9.14. The molecule has 1 amide bonds. The number of nitrogens with zero attached hydrogens (tertiary/aromatic N) is 1. The first-order chi connectivity index (χ1) is 15.0. The van der Waals surface area contributed by atoms with E-state index in [1.807, 2.05) is 60.7 Å². The second-order valence-electron chi connectivity index (χ2n) is 7.86. The summed E-state index contributed by atoms with van der Waals surface area (Å²) in [7, 11) is 0. The Morgan fingerprint density at radius 2 is 2.00 bits per heavy atom. The van der Waals surface area contributed by atoms with Gasteiger partial charge in [0.15, 0.2) is 5.78 Å². The number of fused-ring (bicyclic) bond motifs is 1. The lowest BCUT2D eigenvalue weighted by atomic mass is 10.0. The molecule has 4 N–H and O–H groups in total. The van der Waals surface area contributed by atoms with E-state index in [-0.39, 0.29) is 11.7 Å². The first-order valence-electron chi connectivity index (χ1n) is 10.5. The number of nitrogens with two attached hydrogens (primary N) is 1. The number of carbonyl (C=O) groups is 2. The molecule has 1 aliphatic heterocycles. The molecule has 0 spiro atoms. The molecule has 2 heterocycles. The van der Waals surface area contributed by atoms with E-state index in [0.29, 0.717) is 25.2 Å². The van der Waals surface area contributed by atoms with Gasteiger partial charge in [0, 0.05) is 24.5 Å². The Morgan fingerprint density at radius 1 is 1.19 bits per heavy atom. The minimum absolute atomic E-state index is 0.00736. The maximum absolute atomic E-state index is 12.6. The summed E-state index contributed by atoms with van der Waals surface area (Å²) in [6.07, 6.45) is 4.57. The van der Waals surface area contributed by atoms with Gasteiger partial charge in [0.25, 0.3) is 0 Å². The molecule has 4 rings (SSSR count). The van der Waals surface area contributed by atoms with Gasteiger partial charge >= 0.3 is 0 Å². The summed E-state index contributed by atoms with van der Waals surface area (Å²) in [5, 5.41) is 7.96. The fourth-order valence-corrected chi connectivity index (χ4v) is 3.83. The topological polar surface area (TPSA) is 97.1 Å². The molecule has 0 bridgehead atoms. The maximum atomic E-state index is 12.6.